The Labute approximate surface area is 287 Å². The number of hydrogen-bond donors (Lipinski definition) is 2. The van der Waals surface area contributed by atoms with Gasteiger partial charge in [0.15, 0.2) is 0 Å². The second kappa shape index (κ2) is 35.1. The van der Waals surface area contributed by atoms with Crippen LogP contribution in [-0.2, 0) is 10.4 Å². The highest BCUT2D eigenvalue weighted by atomic mass is 32.3. The fourth-order valence-electron chi connectivity index (χ4n) is 6.09. The van der Waals surface area contributed by atoms with Crippen LogP contribution in [0, 0.1) is 0 Å². The van der Waals surface area contributed by atoms with E-state index in [9.17, 15) is 0 Å². The van der Waals surface area contributed by atoms with Crippen LogP contribution in [0.15, 0.2) is 29.3 Å². The van der Waals surface area contributed by atoms with Crippen molar-refractivity contribution >= 4 is 16.2 Å². The molecule has 1 aliphatic rings. The predicted molar refractivity (Wildman–Crippen MR) is 202 cm³/mol. The second-order valence-corrected chi connectivity index (χ2v) is 14.3. The van der Waals surface area contributed by atoms with Crippen LogP contribution in [0.4, 0.5) is 0 Å². The van der Waals surface area contributed by atoms with Crippen molar-refractivity contribution in [1.29, 1.82) is 0 Å². The van der Waals surface area contributed by atoms with Gasteiger partial charge in [-0.2, -0.15) is 8.42 Å². The van der Waals surface area contributed by atoms with E-state index in [2.05, 4.69) is 43.1 Å². The molecule has 0 spiro atoms. The lowest BCUT2D eigenvalue weighted by atomic mass is 10.1. The second-order valence-electron chi connectivity index (χ2n) is 13.4. The smallest absolute Gasteiger partial charge is 0.359 e. The molecule has 46 heavy (non-hydrogen) atoms. The minimum atomic E-state index is -4.67. The highest BCUT2D eigenvalue weighted by Crippen LogP contribution is 2.15. The Morgan fingerprint density at radius 3 is 1.26 bits per heavy atom. The molecule has 2 N–H and O–H groups in total. The van der Waals surface area contributed by atoms with Crippen LogP contribution in [0.1, 0.15) is 200 Å². The van der Waals surface area contributed by atoms with Crippen LogP contribution in [-0.4, -0.2) is 47.9 Å². The van der Waals surface area contributed by atoms with E-state index < -0.39 is 10.4 Å². The van der Waals surface area contributed by atoms with E-state index in [1.165, 1.54) is 205 Å². The number of aliphatic imine (C=N–C) groups is 1. The van der Waals surface area contributed by atoms with E-state index >= 15 is 0 Å². The van der Waals surface area contributed by atoms with E-state index in [4.69, 9.17) is 22.5 Å². The van der Waals surface area contributed by atoms with Crippen LogP contribution in [0.3, 0.4) is 0 Å². The maximum absolute atomic E-state index is 8.74. The summed E-state index contributed by atoms with van der Waals surface area (Å²) in [5.74, 6) is 1.42. The van der Waals surface area contributed by atoms with Crippen LogP contribution < -0.4 is 0 Å². The molecule has 1 heterocycles. The summed E-state index contributed by atoms with van der Waals surface area (Å²) in [4.78, 5) is 7.45. The van der Waals surface area contributed by atoms with E-state index in [-0.39, 0.29) is 0 Å². The van der Waals surface area contributed by atoms with Gasteiger partial charge in [0.2, 0.25) is 0 Å². The standard InChI is InChI=1S/C39H74N2.H2O4S/c1-3-5-7-9-11-13-15-17-19-21-23-25-27-29-31-33-35-39-40-36-38-41(39)37-34-32-30-28-26-24-22-20-18-16-14-12-10-8-6-4-2;1-5(2,3)4/h17-20H,3-16,21-38H2,1-2H3;(H2,1,2,3,4)/b19-17-,20-18-;. The van der Waals surface area contributed by atoms with Gasteiger partial charge in [-0.15, -0.1) is 0 Å². The summed E-state index contributed by atoms with van der Waals surface area (Å²) < 4.78 is 31.6. The zero-order chi connectivity index (χ0) is 33.8. The monoisotopic (exact) mass is 669 g/mol. The van der Waals surface area contributed by atoms with Crippen molar-refractivity contribution in [3.8, 4) is 0 Å². The molecule has 0 aromatic carbocycles. The maximum Gasteiger partial charge on any atom is 0.394 e. The minimum Gasteiger partial charge on any atom is -0.359 e. The Morgan fingerprint density at radius 2 is 0.870 bits per heavy atom. The summed E-state index contributed by atoms with van der Waals surface area (Å²) in [5, 5.41) is 0. The number of hydrogen-bond acceptors (Lipinski definition) is 4. The third kappa shape index (κ3) is 37.3. The fourth-order valence-corrected chi connectivity index (χ4v) is 6.09. The maximum atomic E-state index is 8.74. The average Bonchev–Trinajstić information content (AvgIpc) is 3.47. The molecule has 272 valence electrons. The molecule has 0 aromatic rings. The minimum absolute atomic E-state index is 1.04. The first-order chi connectivity index (χ1) is 22.4. The third-order valence-corrected chi connectivity index (χ3v) is 8.88. The first-order valence-corrected chi connectivity index (χ1v) is 21.1. The lowest BCUT2D eigenvalue weighted by molar-refractivity contribution is 0.381. The Bertz CT molecular complexity index is 818. The first kappa shape index (κ1) is 44.8. The summed E-state index contributed by atoms with van der Waals surface area (Å²) in [7, 11) is -4.67. The number of allylic oxidation sites excluding steroid dienone is 4. The average molecular weight is 669 g/mol. The molecular weight excluding hydrogens is 593 g/mol. The van der Waals surface area contributed by atoms with Crippen molar-refractivity contribution in [2.75, 3.05) is 19.6 Å². The number of unbranched alkanes of at least 4 members (excludes halogenated alkanes) is 24. The van der Waals surface area contributed by atoms with E-state index in [0.29, 0.717) is 0 Å². The van der Waals surface area contributed by atoms with Gasteiger partial charge in [0.05, 0.1) is 12.4 Å². The molecule has 1 rings (SSSR count). The van der Waals surface area contributed by atoms with Gasteiger partial charge in [0.25, 0.3) is 0 Å². The molecule has 0 fully saturated rings. The topological polar surface area (TPSA) is 90.2 Å². The van der Waals surface area contributed by atoms with Crippen molar-refractivity contribution in [1.82, 2.24) is 4.90 Å². The van der Waals surface area contributed by atoms with Crippen LogP contribution in [0.25, 0.3) is 0 Å². The van der Waals surface area contributed by atoms with Gasteiger partial charge in [0.1, 0.15) is 0 Å². The van der Waals surface area contributed by atoms with Crippen molar-refractivity contribution in [2.45, 2.75) is 200 Å². The van der Waals surface area contributed by atoms with Gasteiger partial charge in [-0.3, -0.25) is 14.1 Å². The Kier molecular flexibility index (Phi) is 34.2. The van der Waals surface area contributed by atoms with Crippen molar-refractivity contribution < 1.29 is 17.5 Å². The molecule has 6 nitrogen and oxygen atoms in total. The van der Waals surface area contributed by atoms with E-state index in [1.54, 1.807) is 0 Å². The zero-order valence-corrected chi connectivity index (χ0v) is 31.3. The molecule has 0 unspecified atom stereocenters. The lowest BCUT2D eigenvalue weighted by Crippen LogP contribution is -2.28. The molecular formula is C39H76N2O4S. The Morgan fingerprint density at radius 1 is 0.543 bits per heavy atom. The largest absolute Gasteiger partial charge is 0.394 e. The summed E-state index contributed by atoms with van der Waals surface area (Å²) in [5.41, 5.74) is 0. The normalized spacial score (nSPS) is 13.6. The van der Waals surface area contributed by atoms with Gasteiger partial charge in [-0.25, -0.2) is 0 Å². The van der Waals surface area contributed by atoms with Crippen molar-refractivity contribution in [2.24, 2.45) is 4.99 Å². The highest BCUT2D eigenvalue weighted by molar-refractivity contribution is 7.79. The summed E-state index contributed by atoms with van der Waals surface area (Å²) in [6.45, 7) is 8.04. The Hall–Kier alpha value is -1.18. The van der Waals surface area contributed by atoms with E-state index in [1.807, 2.05) is 0 Å². The Balaban J connectivity index is 0.00000373. The molecule has 0 amide bonds. The molecule has 0 bridgehead atoms. The van der Waals surface area contributed by atoms with Crippen LogP contribution >= 0.6 is 0 Å². The highest BCUT2D eigenvalue weighted by Gasteiger charge is 2.15. The molecule has 0 radical (unpaired) electrons. The predicted octanol–water partition coefficient (Wildman–Crippen LogP) is 12.5. The SMILES string of the molecule is CCCCCCCC/C=C\CCCCCCCCC1=NCCN1CCCCCCCC/C=C\CCCCCCCC.O=S(=O)(O)O. The first-order valence-electron chi connectivity index (χ1n) is 19.7. The molecule has 0 saturated carbocycles. The molecule has 0 saturated heterocycles. The number of nitrogens with zero attached hydrogens (tertiary/aromatic N) is 2. The summed E-state index contributed by atoms with van der Waals surface area (Å²) in [6, 6.07) is 0. The quantitative estimate of drug-likeness (QED) is 0.0423. The molecule has 0 aliphatic carbocycles. The zero-order valence-electron chi connectivity index (χ0n) is 30.5. The van der Waals surface area contributed by atoms with Crippen molar-refractivity contribution in [3.05, 3.63) is 24.3 Å². The molecule has 7 heteroatoms. The van der Waals surface area contributed by atoms with Crippen LogP contribution in [0.5, 0.6) is 0 Å². The number of amidine groups is 1. The van der Waals surface area contributed by atoms with Crippen molar-refractivity contribution in [3.63, 3.8) is 0 Å². The van der Waals surface area contributed by atoms with E-state index in [0.717, 1.165) is 6.54 Å². The van der Waals surface area contributed by atoms with Gasteiger partial charge in [-0.05, 0) is 64.2 Å². The number of rotatable bonds is 32. The summed E-state index contributed by atoms with van der Waals surface area (Å²) >= 11 is 0. The molecule has 1 aliphatic heterocycles. The van der Waals surface area contributed by atoms with Gasteiger partial charge < -0.3 is 4.90 Å². The van der Waals surface area contributed by atoms with Crippen LogP contribution in [0.2, 0.25) is 0 Å². The molecule has 0 aromatic heterocycles. The lowest BCUT2D eigenvalue weighted by Gasteiger charge is -2.20. The van der Waals surface area contributed by atoms with Gasteiger partial charge >= 0.3 is 10.4 Å². The fraction of sp³-hybridized carbons (Fsp3) is 0.872. The third-order valence-electron chi connectivity index (χ3n) is 8.88. The molecule has 0 atom stereocenters. The van der Waals surface area contributed by atoms with Gasteiger partial charge in [0, 0.05) is 19.5 Å². The van der Waals surface area contributed by atoms with Gasteiger partial charge in [-0.1, -0.05) is 154 Å². The summed E-state index contributed by atoms with van der Waals surface area (Å²) in [6.07, 6.45) is 49.8.